The van der Waals surface area contributed by atoms with Gasteiger partial charge in [-0.25, -0.2) is 0 Å². The largest absolute Gasteiger partial charge is 0.490 e. The molecule has 0 bridgehead atoms. The van der Waals surface area contributed by atoms with Crippen LogP contribution in [0.3, 0.4) is 0 Å². The number of aromatic nitrogens is 1. The van der Waals surface area contributed by atoms with E-state index < -0.39 is 0 Å². The Bertz CT molecular complexity index is 995. The number of nitrogens with zero attached hydrogens (tertiary/aromatic N) is 1. The van der Waals surface area contributed by atoms with Gasteiger partial charge < -0.3 is 20.1 Å². The highest BCUT2D eigenvalue weighted by Gasteiger charge is 2.13. The molecule has 0 radical (unpaired) electrons. The summed E-state index contributed by atoms with van der Waals surface area (Å²) in [5, 5.41) is 6.71. The topological polar surface area (TPSA) is 72.5 Å². The average Bonchev–Trinajstić information content (AvgIpc) is 2.77. The molecule has 0 atom stereocenters. The number of carbonyl (C=O) groups excluding carboxylic acids is 1. The normalized spacial score (nSPS) is 10.5. The first kappa shape index (κ1) is 22.6. The van der Waals surface area contributed by atoms with Crippen molar-refractivity contribution < 1.29 is 14.3 Å². The summed E-state index contributed by atoms with van der Waals surface area (Å²) in [6.45, 7) is 5.47. The molecule has 7 heteroatoms. The van der Waals surface area contributed by atoms with Crippen LogP contribution in [0.1, 0.15) is 23.6 Å². The van der Waals surface area contributed by atoms with Gasteiger partial charge in [-0.1, -0.05) is 29.3 Å². The van der Waals surface area contributed by atoms with Crippen LogP contribution in [0.2, 0.25) is 5.02 Å². The molecule has 3 rings (SSSR count). The van der Waals surface area contributed by atoms with Crippen LogP contribution in [-0.4, -0.2) is 24.1 Å². The first-order valence-electron chi connectivity index (χ1n) is 10.1. The van der Waals surface area contributed by atoms with Crippen LogP contribution < -0.4 is 20.1 Å². The van der Waals surface area contributed by atoms with Gasteiger partial charge in [0, 0.05) is 42.3 Å². The van der Waals surface area contributed by atoms with Gasteiger partial charge in [0.15, 0.2) is 18.1 Å². The Labute approximate surface area is 187 Å². The van der Waals surface area contributed by atoms with Crippen molar-refractivity contribution in [3.63, 3.8) is 0 Å². The molecule has 6 nitrogen and oxygen atoms in total. The molecule has 1 aromatic heterocycles. The maximum Gasteiger partial charge on any atom is 0.262 e. The molecule has 2 N–H and O–H groups in total. The standard InChI is InChI=1S/C24H26ClN3O3/c1-3-30-22-12-19(15-27-14-18-8-10-26-11-9-18)21(25)13-23(22)31-16-24(29)28-20-6-4-17(2)5-7-20/h4-13,27H,3,14-16H2,1-2H3,(H,28,29). The lowest BCUT2D eigenvalue weighted by Gasteiger charge is -2.15. The third kappa shape index (κ3) is 6.98. The second kappa shape index (κ2) is 11.3. The Morgan fingerprint density at radius 1 is 1.00 bits per heavy atom. The van der Waals surface area contributed by atoms with Crippen LogP contribution in [0.25, 0.3) is 0 Å². The van der Waals surface area contributed by atoms with Crippen molar-refractivity contribution in [2.24, 2.45) is 0 Å². The number of rotatable bonds is 10. The van der Waals surface area contributed by atoms with Crippen LogP contribution in [-0.2, 0) is 17.9 Å². The molecule has 0 saturated carbocycles. The van der Waals surface area contributed by atoms with Gasteiger partial charge in [0.1, 0.15) is 0 Å². The molecular formula is C24H26ClN3O3. The van der Waals surface area contributed by atoms with E-state index in [9.17, 15) is 4.79 Å². The van der Waals surface area contributed by atoms with Gasteiger partial charge in [0.05, 0.1) is 6.61 Å². The smallest absolute Gasteiger partial charge is 0.262 e. The highest BCUT2D eigenvalue weighted by Crippen LogP contribution is 2.33. The first-order chi connectivity index (χ1) is 15.0. The lowest BCUT2D eigenvalue weighted by atomic mass is 10.2. The summed E-state index contributed by atoms with van der Waals surface area (Å²) >= 11 is 6.46. The number of amides is 1. The highest BCUT2D eigenvalue weighted by atomic mass is 35.5. The fraction of sp³-hybridized carbons (Fsp3) is 0.250. The number of ether oxygens (including phenoxy) is 2. The molecule has 0 aliphatic rings. The predicted molar refractivity (Wildman–Crippen MR) is 123 cm³/mol. The fourth-order valence-electron chi connectivity index (χ4n) is 2.91. The molecular weight excluding hydrogens is 414 g/mol. The van der Waals surface area contributed by atoms with E-state index in [1.807, 2.05) is 56.3 Å². The number of pyridine rings is 1. The van der Waals surface area contributed by atoms with Crippen LogP contribution in [0.4, 0.5) is 5.69 Å². The molecule has 0 saturated heterocycles. The minimum Gasteiger partial charge on any atom is -0.490 e. The number of hydrogen-bond donors (Lipinski definition) is 2. The summed E-state index contributed by atoms with van der Waals surface area (Å²) in [6, 6.07) is 15.0. The Kier molecular flexibility index (Phi) is 8.27. The predicted octanol–water partition coefficient (Wildman–Crippen LogP) is 4.75. The quantitative estimate of drug-likeness (QED) is 0.477. The van der Waals surface area contributed by atoms with Crippen LogP contribution in [0.15, 0.2) is 60.9 Å². The monoisotopic (exact) mass is 439 g/mol. The van der Waals surface area contributed by atoms with E-state index in [4.69, 9.17) is 21.1 Å². The molecule has 0 aliphatic carbocycles. The van der Waals surface area contributed by atoms with Crippen LogP contribution >= 0.6 is 11.6 Å². The Morgan fingerprint density at radius 2 is 1.71 bits per heavy atom. The summed E-state index contributed by atoms with van der Waals surface area (Å²) in [5.74, 6) is 0.727. The van der Waals surface area contributed by atoms with E-state index in [-0.39, 0.29) is 12.5 Å². The van der Waals surface area contributed by atoms with E-state index >= 15 is 0 Å². The van der Waals surface area contributed by atoms with Gasteiger partial charge in [-0.05, 0) is 55.3 Å². The number of carbonyl (C=O) groups is 1. The Morgan fingerprint density at radius 3 is 2.42 bits per heavy atom. The molecule has 1 amide bonds. The van der Waals surface area contributed by atoms with E-state index in [0.29, 0.717) is 36.2 Å². The molecule has 0 unspecified atom stereocenters. The second-order valence-electron chi connectivity index (χ2n) is 6.99. The summed E-state index contributed by atoms with van der Waals surface area (Å²) in [5.41, 5.74) is 3.87. The lowest BCUT2D eigenvalue weighted by Crippen LogP contribution is -2.20. The molecule has 0 spiro atoms. The SMILES string of the molecule is CCOc1cc(CNCc2ccncc2)c(Cl)cc1OCC(=O)Nc1ccc(C)cc1. The lowest BCUT2D eigenvalue weighted by molar-refractivity contribution is -0.118. The summed E-state index contributed by atoms with van der Waals surface area (Å²) in [6.07, 6.45) is 3.52. The third-order valence-corrected chi connectivity index (χ3v) is 4.85. The van der Waals surface area contributed by atoms with E-state index in [0.717, 1.165) is 22.4 Å². The fourth-order valence-corrected chi connectivity index (χ4v) is 3.13. The van der Waals surface area contributed by atoms with Crippen molar-refractivity contribution >= 4 is 23.2 Å². The highest BCUT2D eigenvalue weighted by molar-refractivity contribution is 6.31. The number of benzene rings is 2. The van der Waals surface area contributed by atoms with Crippen LogP contribution in [0.5, 0.6) is 11.5 Å². The molecule has 2 aromatic carbocycles. The Balaban J connectivity index is 1.60. The van der Waals surface area contributed by atoms with Crippen molar-refractivity contribution in [2.45, 2.75) is 26.9 Å². The van der Waals surface area contributed by atoms with Gasteiger partial charge >= 0.3 is 0 Å². The second-order valence-corrected chi connectivity index (χ2v) is 7.39. The molecule has 0 aliphatic heterocycles. The van der Waals surface area contributed by atoms with Gasteiger partial charge in [-0.2, -0.15) is 0 Å². The molecule has 31 heavy (non-hydrogen) atoms. The molecule has 3 aromatic rings. The van der Waals surface area contributed by atoms with Gasteiger partial charge in [0.2, 0.25) is 0 Å². The zero-order valence-corrected chi connectivity index (χ0v) is 18.4. The third-order valence-electron chi connectivity index (χ3n) is 4.50. The molecule has 0 fully saturated rings. The van der Waals surface area contributed by atoms with E-state index in [1.54, 1.807) is 18.5 Å². The number of halogens is 1. The summed E-state index contributed by atoms with van der Waals surface area (Å²) in [4.78, 5) is 16.3. The minimum atomic E-state index is -0.259. The van der Waals surface area contributed by atoms with Gasteiger partial charge in [-0.3, -0.25) is 9.78 Å². The maximum atomic E-state index is 12.2. The van der Waals surface area contributed by atoms with E-state index in [2.05, 4.69) is 15.6 Å². The summed E-state index contributed by atoms with van der Waals surface area (Å²) in [7, 11) is 0. The van der Waals surface area contributed by atoms with Crippen molar-refractivity contribution in [2.75, 3.05) is 18.5 Å². The maximum absolute atomic E-state index is 12.2. The van der Waals surface area contributed by atoms with Gasteiger partial charge in [-0.15, -0.1) is 0 Å². The van der Waals surface area contributed by atoms with Crippen molar-refractivity contribution in [1.82, 2.24) is 10.3 Å². The summed E-state index contributed by atoms with van der Waals surface area (Å²) < 4.78 is 11.4. The van der Waals surface area contributed by atoms with Gasteiger partial charge in [0.25, 0.3) is 5.91 Å². The number of nitrogens with one attached hydrogen (secondary N) is 2. The molecule has 1 heterocycles. The zero-order chi connectivity index (χ0) is 22.1. The number of aryl methyl sites for hydroxylation is 1. The van der Waals surface area contributed by atoms with Crippen molar-refractivity contribution in [3.05, 3.63) is 82.6 Å². The van der Waals surface area contributed by atoms with Crippen molar-refractivity contribution in [1.29, 1.82) is 0 Å². The zero-order valence-electron chi connectivity index (χ0n) is 17.7. The van der Waals surface area contributed by atoms with Crippen LogP contribution in [0, 0.1) is 6.92 Å². The van der Waals surface area contributed by atoms with E-state index in [1.165, 1.54) is 0 Å². The van der Waals surface area contributed by atoms with Crippen molar-refractivity contribution in [3.8, 4) is 11.5 Å². The number of hydrogen-bond acceptors (Lipinski definition) is 5. The Hall–Kier alpha value is -3.09. The average molecular weight is 440 g/mol. The minimum absolute atomic E-state index is 0.149. The number of anilines is 1. The molecule has 162 valence electrons. The first-order valence-corrected chi connectivity index (χ1v) is 10.5.